The molecule has 108 valence electrons. The van der Waals surface area contributed by atoms with E-state index >= 15 is 0 Å². The number of hydrogen-bond acceptors (Lipinski definition) is 5. The zero-order valence-corrected chi connectivity index (χ0v) is 11.5. The molecule has 0 aromatic carbocycles. The predicted molar refractivity (Wildman–Crippen MR) is 64.5 cm³/mol. The molecule has 1 heterocycles. The predicted octanol–water partition coefficient (Wildman–Crippen LogP) is 0.870. The van der Waals surface area contributed by atoms with Crippen LogP contribution in [0.3, 0.4) is 0 Å². The fraction of sp³-hybridized carbons (Fsp3) is 0.750. The zero-order valence-electron chi connectivity index (χ0n) is 11.5. The minimum Gasteiger partial charge on any atom is -0.481 e. The lowest BCUT2D eigenvalue weighted by Gasteiger charge is -2.27. The van der Waals surface area contributed by atoms with E-state index in [4.69, 9.17) is 9.84 Å². The highest BCUT2D eigenvalue weighted by molar-refractivity contribution is 5.84. The van der Waals surface area contributed by atoms with Gasteiger partial charge in [0, 0.05) is 6.54 Å². The maximum absolute atomic E-state index is 12.0. The number of carboxylic acids is 1. The van der Waals surface area contributed by atoms with Gasteiger partial charge in [-0.25, -0.2) is 9.59 Å². The Hall–Kier alpha value is -1.79. The Morgan fingerprint density at radius 2 is 1.84 bits per heavy atom. The maximum atomic E-state index is 12.0. The van der Waals surface area contributed by atoms with Crippen LogP contribution in [0.25, 0.3) is 0 Å². The maximum Gasteiger partial charge on any atom is 0.411 e. The molecular weight excluding hydrogens is 254 g/mol. The molecule has 0 aliphatic carbocycles. The standard InChI is InChI=1S/C12H19NO6/c1-12(2,3)19-11(17)13-6-7(9(14)15)5-8(13)10(16)18-4/h7-8H,5-6H2,1-4H3,(H,14,15)/t7-,8+/m0/s1. The fourth-order valence-electron chi connectivity index (χ4n) is 1.90. The summed E-state index contributed by atoms with van der Waals surface area (Å²) < 4.78 is 9.75. The zero-order chi connectivity index (χ0) is 14.8. The van der Waals surface area contributed by atoms with Gasteiger partial charge in [-0.2, -0.15) is 0 Å². The average molecular weight is 273 g/mol. The van der Waals surface area contributed by atoms with Crippen molar-refractivity contribution in [3.8, 4) is 0 Å². The van der Waals surface area contributed by atoms with Gasteiger partial charge in [0.2, 0.25) is 0 Å². The molecule has 0 unspecified atom stereocenters. The largest absolute Gasteiger partial charge is 0.481 e. The number of carboxylic acid groups (broad SMARTS) is 1. The van der Waals surface area contributed by atoms with E-state index in [-0.39, 0.29) is 13.0 Å². The smallest absolute Gasteiger partial charge is 0.411 e. The molecule has 0 aromatic heterocycles. The van der Waals surface area contributed by atoms with Crippen LogP contribution in [0.15, 0.2) is 0 Å². The van der Waals surface area contributed by atoms with E-state index in [0.29, 0.717) is 0 Å². The molecule has 2 atom stereocenters. The summed E-state index contributed by atoms with van der Waals surface area (Å²) in [5.74, 6) is -2.45. The van der Waals surface area contributed by atoms with E-state index in [2.05, 4.69) is 4.74 Å². The van der Waals surface area contributed by atoms with Gasteiger partial charge < -0.3 is 14.6 Å². The van der Waals surface area contributed by atoms with Gasteiger partial charge in [0.1, 0.15) is 11.6 Å². The van der Waals surface area contributed by atoms with E-state index in [1.807, 2.05) is 0 Å². The van der Waals surface area contributed by atoms with Gasteiger partial charge in [-0.15, -0.1) is 0 Å². The number of aliphatic carboxylic acids is 1. The van der Waals surface area contributed by atoms with Crippen LogP contribution in [0.2, 0.25) is 0 Å². The Morgan fingerprint density at radius 3 is 2.26 bits per heavy atom. The van der Waals surface area contributed by atoms with Crippen molar-refractivity contribution < 1.29 is 29.0 Å². The van der Waals surface area contributed by atoms with Crippen LogP contribution in [0.1, 0.15) is 27.2 Å². The molecular formula is C12H19NO6. The second kappa shape index (κ2) is 5.46. The van der Waals surface area contributed by atoms with Crippen LogP contribution in [0.5, 0.6) is 0 Å². The third kappa shape index (κ3) is 3.84. The van der Waals surface area contributed by atoms with Gasteiger partial charge in [-0.05, 0) is 27.2 Å². The molecule has 0 bridgehead atoms. The molecule has 1 aliphatic rings. The average Bonchev–Trinajstić information content (AvgIpc) is 2.70. The second-order valence-corrected chi connectivity index (χ2v) is 5.44. The second-order valence-electron chi connectivity index (χ2n) is 5.44. The first-order valence-corrected chi connectivity index (χ1v) is 5.96. The molecule has 1 aliphatic heterocycles. The van der Waals surface area contributed by atoms with E-state index in [9.17, 15) is 14.4 Å². The third-order valence-electron chi connectivity index (χ3n) is 2.75. The van der Waals surface area contributed by atoms with Crippen molar-refractivity contribution in [2.75, 3.05) is 13.7 Å². The Balaban J connectivity index is 2.85. The van der Waals surface area contributed by atoms with E-state index in [1.54, 1.807) is 20.8 Å². The van der Waals surface area contributed by atoms with Crippen molar-refractivity contribution in [1.29, 1.82) is 0 Å². The quantitative estimate of drug-likeness (QED) is 0.750. The number of amides is 1. The lowest BCUT2D eigenvalue weighted by Crippen LogP contribution is -2.43. The van der Waals surface area contributed by atoms with Gasteiger partial charge in [-0.3, -0.25) is 9.69 Å². The lowest BCUT2D eigenvalue weighted by atomic mass is 10.1. The number of esters is 1. The first-order valence-electron chi connectivity index (χ1n) is 5.96. The van der Waals surface area contributed by atoms with E-state index in [0.717, 1.165) is 4.90 Å². The SMILES string of the molecule is COC(=O)[C@H]1C[C@H](C(=O)O)CN1C(=O)OC(C)(C)C. The lowest BCUT2D eigenvalue weighted by molar-refractivity contribution is -0.145. The first-order chi connectivity index (χ1) is 8.65. The van der Waals surface area contributed by atoms with Crippen LogP contribution >= 0.6 is 0 Å². The molecule has 1 fully saturated rings. The highest BCUT2D eigenvalue weighted by atomic mass is 16.6. The summed E-state index contributed by atoms with van der Waals surface area (Å²) in [4.78, 5) is 35.7. The molecule has 1 amide bonds. The summed E-state index contributed by atoms with van der Waals surface area (Å²) >= 11 is 0. The Kier molecular flexibility index (Phi) is 4.39. The summed E-state index contributed by atoms with van der Waals surface area (Å²) in [7, 11) is 1.20. The summed E-state index contributed by atoms with van der Waals surface area (Å²) in [5, 5.41) is 8.99. The topological polar surface area (TPSA) is 93.1 Å². The normalized spacial score (nSPS) is 23.1. The number of carbonyl (C=O) groups excluding carboxylic acids is 2. The van der Waals surface area contributed by atoms with Crippen molar-refractivity contribution in [1.82, 2.24) is 4.90 Å². The van der Waals surface area contributed by atoms with Crippen molar-refractivity contribution in [3.63, 3.8) is 0 Å². The molecule has 19 heavy (non-hydrogen) atoms. The third-order valence-corrected chi connectivity index (χ3v) is 2.75. The highest BCUT2D eigenvalue weighted by Crippen LogP contribution is 2.26. The van der Waals surface area contributed by atoms with Crippen LogP contribution < -0.4 is 0 Å². The van der Waals surface area contributed by atoms with Crippen LogP contribution in [0.4, 0.5) is 4.79 Å². The Labute approximate surface area is 111 Å². The number of hydrogen-bond donors (Lipinski definition) is 1. The number of methoxy groups -OCH3 is 1. The van der Waals surface area contributed by atoms with Crippen molar-refractivity contribution >= 4 is 18.0 Å². The minimum atomic E-state index is -1.04. The van der Waals surface area contributed by atoms with Crippen LogP contribution in [-0.2, 0) is 19.1 Å². The van der Waals surface area contributed by atoms with Gasteiger partial charge in [0.15, 0.2) is 0 Å². The monoisotopic (exact) mass is 273 g/mol. The summed E-state index contributed by atoms with van der Waals surface area (Å²) in [6, 6.07) is -0.902. The molecule has 1 N–H and O–H groups in total. The number of nitrogens with zero attached hydrogens (tertiary/aromatic N) is 1. The van der Waals surface area contributed by atoms with Crippen molar-refractivity contribution in [2.24, 2.45) is 5.92 Å². The summed E-state index contributed by atoms with van der Waals surface area (Å²) in [6.45, 7) is 5.04. The molecule has 0 saturated carbocycles. The van der Waals surface area contributed by atoms with Crippen LogP contribution in [0, 0.1) is 5.92 Å². The number of ether oxygens (including phenoxy) is 2. The number of carbonyl (C=O) groups is 3. The number of likely N-dealkylation sites (tertiary alicyclic amines) is 1. The van der Waals surface area contributed by atoms with Crippen molar-refractivity contribution in [2.45, 2.75) is 38.8 Å². The molecule has 1 saturated heterocycles. The van der Waals surface area contributed by atoms with Gasteiger partial charge in [-0.1, -0.05) is 0 Å². The van der Waals surface area contributed by atoms with Gasteiger partial charge in [0.05, 0.1) is 13.0 Å². The van der Waals surface area contributed by atoms with Crippen molar-refractivity contribution in [3.05, 3.63) is 0 Å². The van der Waals surface area contributed by atoms with Gasteiger partial charge in [0.25, 0.3) is 0 Å². The summed E-state index contributed by atoms with van der Waals surface area (Å²) in [5.41, 5.74) is -0.709. The molecule has 7 nitrogen and oxygen atoms in total. The fourth-order valence-corrected chi connectivity index (χ4v) is 1.90. The van der Waals surface area contributed by atoms with Crippen LogP contribution in [-0.4, -0.2) is 53.3 Å². The van der Waals surface area contributed by atoms with E-state index in [1.165, 1.54) is 7.11 Å². The molecule has 0 radical (unpaired) electrons. The Morgan fingerprint density at radius 1 is 1.26 bits per heavy atom. The molecule has 7 heteroatoms. The first kappa shape index (κ1) is 15.3. The highest BCUT2D eigenvalue weighted by Gasteiger charge is 2.44. The van der Waals surface area contributed by atoms with Gasteiger partial charge >= 0.3 is 18.0 Å². The van der Waals surface area contributed by atoms with E-state index < -0.39 is 35.6 Å². The molecule has 0 spiro atoms. The minimum absolute atomic E-state index is 0.0429. The molecule has 1 rings (SSSR count). The Bertz CT molecular complexity index is 386. The number of rotatable bonds is 2. The summed E-state index contributed by atoms with van der Waals surface area (Å²) in [6.07, 6.45) is -0.659. The molecule has 0 aromatic rings.